The summed E-state index contributed by atoms with van der Waals surface area (Å²) in [5.41, 5.74) is 0.756. The molecule has 0 atom stereocenters. The Hall–Kier alpha value is -3.03. The summed E-state index contributed by atoms with van der Waals surface area (Å²) >= 11 is 0. The molecule has 1 N–H and O–H groups in total. The van der Waals surface area contributed by atoms with Gasteiger partial charge in [0.2, 0.25) is 0 Å². The molecule has 1 aromatic carbocycles. The van der Waals surface area contributed by atoms with Crippen LogP contribution in [0.5, 0.6) is 11.5 Å². The number of benzene rings is 1. The number of rotatable bonds is 9. The molecule has 2 aromatic rings. The first kappa shape index (κ1) is 19.3. The van der Waals surface area contributed by atoms with Crippen LogP contribution in [0.3, 0.4) is 0 Å². The molecule has 0 unspecified atom stereocenters. The van der Waals surface area contributed by atoms with E-state index >= 15 is 0 Å². The molecule has 8 nitrogen and oxygen atoms in total. The van der Waals surface area contributed by atoms with Gasteiger partial charge in [-0.1, -0.05) is 5.16 Å². The second-order valence-electron chi connectivity index (χ2n) is 7.57. The Bertz CT molecular complexity index is 901. The number of carbonyl (C=O) groups excluding carboxylic acids is 2. The third-order valence-electron chi connectivity index (χ3n) is 5.24. The molecular weight excluding hydrogens is 374 g/mol. The van der Waals surface area contributed by atoms with Gasteiger partial charge in [-0.05, 0) is 49.8 Å². The molecule has 0 aliphatic heterocycles. The molecule has 0 radical (unpaired) electrons. The minimum absolute atomic E-state index is 0.121. The lowest BCUT2D eigenvalue weighted by Gasteiger charge is -2.21. The van der Waals surface area contributed by atoms with Gasteiger partial charge in [0, 0.05) is 24.2 Å². The van der Waals surface area contributed by atoms with E-state index in [2.05, 4.69) is 10.5 Å². The first-order chi connectivity index (χ1) is 14.1. The summed E-state index contributed by atoms with van der Waals surface area (Å²) in [5.74, 6) is 1.79. The molecular formula is C21H25N3O5. The fraction of sp³-hybridized carbons (Fsp3) is 0.476. The van der Waals surface area contributed by atoms with Gasteiger partial charge in [0.15, 0.2) is 23.0 Å². The predicted molar refractivity (Wildman–Crippen MR) is 104 cm³/mol. The molecule has 1 aromatic heterocycles. The van der Waals surface area contributed by atoms with Crippen molar-refractivity contribution in [2.45, 2.75) is 38.3 Å². The fourth-order valence-electron chi connectivity index (χ4n) is 3.20. The van der Waals surface area contributed by atoms with Crippen LogP contribution < -0.4 is 14.8 Å². The van der Waals surface area contributed by atoms with Crippen LogP contribution in [0.1, 0.15) is 52.3 Å². The molecule has 4 rings (SSSR count). The van der Waals surface area contributed by atoms with Crippen molar-refractivity contribution in [1.82, 2.24) is 15.4 Å². The average molecular weight is 399 g/mol. The van der Waals surface area contributed by atoms with E-state index < -0.39 is 0 Å². The summed E-state index contributed by atoms with van der Waals surface area (Å²) in [7, 11) is 3.09. The van der Waals surface area contributed by atoms with Gasteiger partial charge in [0.25, 0.3) is 11.8 Å². The zero-order valence-corrected chi connectivity index (χ0v) is 16.6. The number of hydrogen-bond acceptors (Lipinski definition) is 6. The van der Waals surface area contributed by atoms with Crippen molar-refractivity contribution in [3.63, 3.8) is 0 Å². The predicted octanol–water partition coefficient (Wildman–Crippen LogP) is 2.64. The Balaban J connectivity index is 1.45. The third-order valence-corrected chi connectivity index (χ3v) is 5.24. The lowest BCUT2D eigenvalue weighted by molar-refractivity contribution is 0.0712. The minimum Gasteiger partial charge on any atom is -0.493 e. The van der Waals surface area contributed by atoms with E-state index in [1.165, 1.54) is 20.0 Å². The van der Waals surface area contributed by atoms with Crippen LogP contribution in [0.15, 0.2) is 28.8 Å². The van der Waals surface area contributed by atoms with Gasteiger partial charge in [0.05, 0.1) is 20.8 Å². The topological polar surface area (TPSA) is 93.9 Å². The second kappa shape index (κ2) is 8.14. The van der Waals surface area contributed by atoms with Crippen molar-refractivity contribution < 1.29 is 23.6 Å². The van der Waals surface area contributed by atoms with Crippen LogP contribution in [-0.2, 0) is 6.54 Å². The van der Waals surface area contributed by atoms with Crippen LogP contribution in [0.2, 0.25) is 0 Å². The number of methoxy groups -OCH3 is 2. The number of nitrogens with zero attached hydrogens (tertiary/aromatic N) is 2. The Morgan fingerprint density at radius 3 is 2.55 bits per heavy atom. The zero-order valence-electron chi connectivity index (χ0n) is 16.6. The zero-order chi connectivity index (χ0) is 20.4. The van der Waals surface area contributed by atoms with Crippen molar-refractivity contribution in [2.75, 3.05) is 20.8 Å². The van der Waals surface area contributed by atoms with Crippen molar-refractivity contribution in [3.8, 4) is 11.5 Å². The van der Waals surface area contributed by atoms with E-state index in [4.69, 9.17) is 14.0 Å². The molecule has 154 valence electrons. The van der Waals surface area contributed by atoms with E-state index in [1.807, 2.05) is 0 Å². The molecule has 0 bridgehead atoms. The largest absolute Gasteiger partial charge is 0.493 e. The standard InChI is InChI=1S/C21H25N3O5/c1-27-18-8-5-14(9-19(18)28-2)21(26)24(15-6-7-15)12-16-10-17(23-29-16)20(25)22-11-13-3-4-13/h5,8-10,13,15H,3-4,6-7,11-12H2,1-2H3,(H,22,25). The number of carbonyl (C=O) groups is 2. The molecule has 29 heavy (non-hydrogen) atoms. The van der Waals surface area contributed by atoms with Crippen molar-refractivity contribution in [1.29, 1.82) is 0 Å². The lowest BCUT2D eigenvalue weighted by Crippen LogP contribution is -2.32. The van der Waals surface area contributed by atoms with Gasteiger partial charge >= 0.3 is 0 Å². The first-order valence-corrected chi connectivity index (χ1v) is 9.86. The third kappa shape index (κ3) is 4.52. The smallest absolute Gasteiger partial charge is 0.273 e. The lowest BCUT2D eigenvalue weighted by atomic mass is 10.1. The van der Waals surface area contributed by atoms with Gasteiger partial charge in [-0.3, -0.25) is 9.59 Å². The molecule has 1 heterocycles. The molecule has 2 aliphatic rings. The van der Waals surface area contributed by atoms with Gasteiger partial charge in [-0.25, -0.2) is 0 Å². The normalized spacial score (nSPS) is 15.7. The summed E-state index contributed by atoms with van der Waals surface area (Å²) in [6.45, 7) is 0.938. The Morgan fingerprint density at radius 1 is 1.14 bits per heavy atom. The van der Waals surface area contributed by atoms with Crippen molar-refractivity contribution in [3.05, 3.63) is 41.3 Å². The number of ether oxygens (including phenoxy) is 2. The number of aromatic nitrogens is 1. The second-order valence-corrected chi connectivity index (χ2v) is 7.57. The summed E-state index contributed by atoms with van der Waals surface area (Å²) < 4.78 is 15.9. The fourth-order valence-corrected chi connectivity index (χ4v) is 3.20. The van der Waals surface area contributed by atoms with Crippen LogP contribution >= 0.6 is 0 Å². The highest BCUT2D eigenvalue weighted by Gasteiger charge is 2.34. The number of hydrogen-bond donors (Lipinski definition) is 1. The molecule has 2 fully saturated rings. The maximum atomic E-state index is 13.1. The maximum absolute atomic E-state index is 13.1. The average Bonchev–Trinajstić information content (AvgIpc) is 3.68. The van der Waals surface area contributed by atoms with Gasteiger partial charge in [-0.15, -0.1) is 0 Å². The van der Waals surface area contributed by atoms with Crippen LogP contribution in [-0.4, -0.2) is 48.7 Å². The van der Waals surface area contributed by atoms with E-state index in [0.717, 1.165) is 12.8 Å². The van der Waals surface area contributed by atoms with Crippen molar-refractivity contribution >= 4 is 11.8 Å². The van der Waals surface area contributed by atoms with E-state index in [-0.39, 0.29) is 30.1 Å². The quantitative estimate of drug-likeness (QED) is 0.697. The minimum atomic E-state index is -0.240. The van der Waals surface area contributed by atoms with Gasteiger partial charge in [-0.2, -0.15) is 0 Å². The number of nitrogens with one attached hydrogen (secondary N) is 1. The Kier molecular flexibility index (Phi) is 5.42. The van der Waals surface area contributed by atoms with E-state index in [1.54, 1.807) is 36.3 Å². The van der Waals surface area contributed by atoms with Crippen molar-refractivity contribution in [2.24, 2.45) is 5.92 Å². The molecule has 2 aliphatic carbocycles. The summed E-state index contributed by atoms with van der Waals surface area (Å²) in [6, 6.07) is 6.88. The molecule has 2 saturated carbocycles. The highest BCUT2D eigenvalue weighted by atomic mass is 16.5. The first-order valence-electron chi connectivity index (χ1n) is 9.86. The van der Waals surface area contributed by atoms with Crippen LogP contribution in [0.4, 0.5) is 0 Å². The molecule has 0 saturated heterocycles. The summed E-state index contributed by atoms with van der Waals surface area (Å²) in [6.07, 6.45) is 4.22. The molecule has 0 spiro atoms. The van der Waals surface area contributed by atoms with Crippen LogP contribution in [0.25, 0.3) is 0 Å². The monoisotopic (exact) mass is 399 g/mol. The molecule has 2 amide bonds. The van der Waals surface area contributed by atoms with E-state index in [0.29, 0.717) is 35.3 Å². The van der Waals surface area contributed by atoms with Gasteiger partial charge < -0.3 is 24.2 Å². The van der Waals surface area contributed by atoms with E-state index in [9.17, 15) is 9.59 Å². The van der Waals surface area contributed by atoms with Gasteiger partial charge in [0.1, 0.15) is 0 Å². The highest BCUT2D eigenvalue weighted by Crippen LogP contribution is 2.33. The Labute approximate surface area is 169 Å². The maximum Gasteiger partial charge on any atom is 0.273 e. The number of amides is 2. The van der Waals surface area contributed by atoms with Crippen LogP contribution in [0, 0.1) is 5.92 Å². The Morgan fingerprint density at radius 2 is 1.90 bits per heavy atom. The molecule has 8 heteroatoms. The SMILES string of the molecule is COc1ccc(C(=O)N(Cc2cc(C(=O)NCC3CC3)no2)C2CC2)cc1OC. The summed E-state index contributed by atoms with van der Waals surface area (Å²) in [4.78, 5) is 27.0. The highest BCUT2D eigenvalue weighted by molar-refractivity contribution is 5.95. The summed E-state index contributed by atoms with van der Waals surface area (Å²) in [5, 5.41) is 6.73.